The van der Waals surface area contributed by atoms with Gasteiger partial charge in [-0.05, 0) is 76.9 Å². The molecule has 4 aromatic heterocycles. The van der Waals surface area contributed by atoms with Gasteiger partial charge in [-0.2, -0.15) is 0 Å². The Morgan fingerprint density at radius 1 is 0.317 bits per heavy atom. The van der Waals surface area contributed by atoms with Crippen molar-refractivity contribution in [3.05, 3.63) is 225 Å². The summed E-state index contributed by atoms with van der Waals surface area (Å²) in [5.74, 6) is 0.654. The Hall–Kier alpha value is -8.54. The molecular weight excluding hydrogens is 767 g/mol. The molecule has 0 fully saturated rings. The summed E-state index contributed by atoms with van der Waals surface area (Å²) in [6.07, 6.45) is 1.80. The van der Waals surface area contributed by atoms with Gasteiger partial charge in [0.25, 0.3) is 0 Å². The fourth-order valence-corrected chi connectivity index (χ4v) is 9.07. The number of pyridine rings is 2. The Bertz CT molecular complexity index is 3640. The predicted molar refractivity (Wildman–Crippen MR) is 260 cm³/mol. The molecule has 0 saturated carbocycles. The van der Waals surface area contributed by atoms with Gasteiger partial charge in [-0.15, -0.1) is 0 Å². The topological polar surface area (TPSA) is 56.5 Å². The number of hydrogen-bond donors (Lipinski definition) is 0. The number of rotatable bonds is 7. The number of hydrogen-bond acceptors (Lipinski definition) is 4. The lowest BCUT2D eigenvalue weighted by molar-refractivity contribution is 1.16. The van der Waals surface area contributed by atoms with Crippen LogP contribution in [0.3, 0.4) is 0 Å². The quantitative estimate of drug-likeness (QED) is 0.151. The maximum absolute atomic E-state index is 5.37. The fraction of sp³-hybridized carbons (Fsp3) is 0. The van der Waals surface area contributed by atoms with Gasteiger partial charge in [0.1, 0.15) is 0 Å². The van der Waals surface area contributed by atoms with Gasteiger partial charge >= 0.3 is 0 Å². The summed E-state index contributed by atoms with van der Waals surface area (Å²) >= 11 is 0. The summed E-state index contributed by atoms with van der Waals surface area (Å²) in [5.41, 5.74) is 15.4. The first-order valence-electron chi connectivity index (χ1n) is 21.2. The Labute approximate surface area is 364 Å². The van der Waals surface area contributed by atoms with Crippen molar-refractivity contribution < 1.29 is 0 Å². The third-order valence-electron chi connectivity index (χ3n) is 12.1. The number of fused-ring (bicyclic) bond motifs is 7. The second-order valence-corrected chi connectivity index (χ2v) is 15.8. The van der Waals surface area contributed by atoms with Crippen LogP contribution in [0.4, 0.5) is 0 Å². The molecule has 63 heavy (non-hydrogen) atoms. The minimum Gasteiger partial charge on any atom is -0.309 e. The van der Waals surface area contributed by atoms with E-state index in [2.05, 4.69) is 198 Å². The lowest BCUT2D eigenvalue weighted by Gasteiger charge is -2.14. The first kappa shape index (κ1) is 36.3. The lowest BCUT2D eigenvalue weighted by atomic mass is 9.94. The van der Waals surface area contributed by atoms with E-state index in [1.807, 2.05) is 30.3 Å². The molecule has 5 heteroatoms. The van der Waals surface area contributed by atoms with Crippen molar-refractivity contribution in [1.82, 2.24) is 24.5 Å². The van der Waals surface area contributed by atoms with Gasteiger partial charge in [0.15, 0.2) is 5.82 Å². The molecule has 0 spiro atoms. The zero-order valence-electron chi connectivity index (χ0n) is 34.1. The zero-order chi connectivity index (χ0) is 41.7. The van der Waals surface area contributed by atoms with Crippen molar-refractivity contribution in [2.75, 3.05) is 0 Å². The van der Waals surface area contributed by atoms with Crippen LogP contribution in [-0.4, -0.2) is 24.5 Å². The van der Waals surface area contributed by atoms with E-state index in [4.69, 9.17) is 15.0 Å². The molecule has 0 aliphatic heterocycles. The van der Waals surface area contributed by atoms with Gasteiger partial charge in [0.05, 0.1) is 39.3 Å². The van der Waals surface area contributed by atoms with Crippen molar-refractivity contribution in [1.29, 1.82) is 0 Å². The maximum atomic E-state index is 5.37. The molecule has 0 aliphatic carbocycles. The smallest absolute Gasteiger partial charge is 0.160 e. The molecule has 0 radical (unpaired) electrons. The van der Waals surface area contributed by atoms with E-state index in [0.29, 0.717) is 5.82 Å². The molecule has 12 rings (SSSR count). The van der Waals surface area contributed by atoms with Crippen molar-refractivity contribution in [3.8, 4) is 73.2 Å². The van der Waals surface area contributed by atoms with E-state index in [0.717, 1.165) is 78.1 Å². The Balaban J connectivity index is 0.948. The first-order valence-corrected chi connectivity index (χ1v) is 21.2. The highest BCUT2D eigenvalue weighted by atomic mass is 15.0. The third-order valence-corrected chi connectivity index (χ3v) is 12.1. The average molecular weight is 804 g/mol. The van der Waals surface area contributed by atoms with Crippen LogP contribution in [0.15, 0.2) is 225 Å². The lowest BCUT2D eigenvalue weighted by Crippen LogP contribution is -1.97. The second kappa shape index (κ2) is 15.2. The van der Waals surface area contributed by atoms with Crippen LogP contribution >= 0.6 is 0 Å². The average Bonchev–Trinajstić information content (AvgIpc) is 3.71. The molecule has 0 aliphatic rings. The highest BCUT2D eigenvalue weighted by Crippen LogP contribution is 2.43. The molecule has 294 valence electrons. The summed E-state index contributed by atoms with van der Waals surface area (Å²) < 4.78 is 2.38. The minimum absolute atomic E-state index is 0.654. The molecule has 0 bridgehead atoms. The van der Waals surface area contributed by atoms with Gasteiger partial charge in [0, 0.05) is 55.5 Å². The maximum Gasteiger partial charge on any atom is 0.160 e. The molecule has 0 amide bonds. The SMILES string of the molecule is c1ccc(-c2ccc(-c3nc(-c4ccc(-c5cccc(-c6nc7ccccc7c7c6ccc6c7c7ccccc7n6-c6ccccc6)c5)cc4)cc(-c4ccccn4)n3)cc2)cc1. The first-order chi connectivity index (χ1) is 31.2. The van der Waals surface area contributed by atoms with Crippen molar-refractivity contribution in [2.45, 2.75) is 0 Å². The van der Waals surface area contributed by atoms with Crippen LogP contribution in [0.25, 0.3) is 117 Å². The predicted octanol–water partition coefficient (Wildman–Crippen LogP) is 14.7. The summed E-state index contributed by atoms with van der Waals surface area (Å²) in [7, 11) is 0. The molecule has 0 atom stereocenters. The van der Waals surface area contributed by atoms with E-state index in [1.54, 1.807) is 6.20 Å². The molecule has 5 nitrogen and oxygen atoms in total. The van der Waals surface area contributed by atoms with Gasteiger partial charge in [-0.25, -0.2) is 15.0 Å². The van der Waals surface area contributed by atoms with Crippen LogP contribution in [0.5, 0.6) is 0 Å². The molecule has 8 aromatic carbocycles. The fourth-order valence-electron chi connectivity index (χ4n) is 9.07. The normalized spacial score (nSPS) is 11.5. The molecule has 12 aromatic rings. The standard InChI is InChI=1S/C58H37N5/c1-3-14-38(15-4-1)39-27-31-42(32-28-39)58-61-51(37-52(62-58)50-23-11-12-35-59-50)41-29-25-40(26-30-41)43-16-13-17-44(36-43)57-48-33-34-54-56(55(48)46-20-7-9-22-49(46)60-57)47-21-8-10-24-53(47)63(54)45-18-5-2-6-19-45/h1-37H. The summed E-state index contributed by atoms with van der Waals surface area (Å²) in [6, 6.07) is 76.7. The van der Waals surface area contributed by atoms with Crippen molar-refractivity contribution >= 4 is 43.5 Å². The summed E-state index contributed by atoms with van der Waals surface area (Å²) in [5, 5.41) is 5.95. The van der Waals surface area contributed by atoms with Crippen LogP contribution in [0.2, 0.25) is 0 Å². The molecule has 0 N–H and O–H groups in total. The van der Waals surface area contributed by atoms with E-state index >= 15 is 0 Å². The summed E-state index contributed by atoms with van der Waals surface area (Å²) in [6.45, 7) is 0. The van der Waals surface area contributed by atoms with E-state index in [-0.39, 0.29) is 0 Å². The Morgan fingerprint density at radius 3 is 1.73 bits per heavy atom. The highest BCUT2D eigenvalue weighted by molar-refractivity contribution is 6.29. The molecule has 0 saturated heterocycles. The zero-order valence-corrected chi connectivity index (χ0v) is 34.1. The van der Waals surface area contributed by atoms with Crippen LogP contribution < -0.4 is 0 Å². The number of benzene rings is 8. The van der Waals surface area contributed by atoms with Crippen molar-refractivity contribution in [2.24, 2.45) is 0 Å². The van der Waals surface area contributed by atoms with E-state index in [9.17, 15) is 0 Å². The van der Waals surface area contributed by atoms with Gasteiger partial charge < -0.3 is 4.57 Å². The number of nitrogens with zero attached hydrogens (tertiary/aromatic N) is 5. The van der Waals surface area contributed by atoms with Gasteiger partial charge in [0.2, 0.25) is 0 Å². The van der Waals surface area contributed by atoms with Crippen LogP contribution in [-0.2, 0) is 0 Å². The molecule has 4 heterocycles. The molecular formula is C58H37N5. The summed E-state index contributed by atoms with van der Waals surface area (Å²) in [4.78, 5) is 20.1. The van der Waals surface area contributed by atoms with Gasteiger partial charge in [-0.3, -0.25) is 4.98 Å². The van der Waals surface area contributed by atoms with Crippen LogP contribution in [0.1, 0.15) is 0 Å². The number of aromatic nitrogens is 5. The minimum atomic E-state index is 0.654. The highest BCUT2D eigenvalue weighted by Gasteiger charge is 2.20. The number of para-hydroxylation sites is 3. The Kier molecular flexibility index (Phi) is 8.75. The van der Waals surface area contributed by atoms with Crippen LogP contribution in [0, 0.1) is 0 Å². The van der Waals surface area contributed by atoms with E-state index < -0.39 is 0 Å². The van der Waals surface area contributed by atoms with Gasteiger partial charge in [-0.1, -0.05) is 164 Å². The van der Waals surface area contributed by atoms with Crippen molar-refractivity contribution in [3.63, 3.8) is 0 Å². The second-order valence-electron chi connectivity index (χ2n) is 15.8. The largest absolute Gasteiger partial charge is 0.309 e. The van der Waals surface area contributed by atoms with E-state index in [1.165, 1.54) is 32.8 Å². The Morgan fingerprint density at radius 2 is 0.937 bits per heavy atom. The monoisotopic (exact) mass is 803 g/mol. The third kappa shape index (κ3) is 6.42. The molecule has 0 unspecified atom stereocenters.